The Morgan fingerprint density at radius 1 is 1.44 bits per heavy atom. The van der Waals surface area contributed by atoms with Crippen LogP contribution >= 0.6 is 11.6 Å². The van der Waals surface area contributed by atoms with Crippen molar-refractivity contribution in [3.8, 4) is 11.3 Å². The highest BCUT2D eigenvalue weighted by molar-refractivity contribution is 6.30. The summed E-state index contributed by atoms with van der Waals surface area (Å²) in [6, 6.07) is 7.17. The Balaban J connectivity index is 2.47. The summed E-state index contributed by atoms with van der Waals surface area (Å²) in [6.07, 6.45) is 0. The highest BCUT2D eigenvalue weighted by atomic mass is 35.5. The first-order valence-corrected chi connectivity index (χ1v) is 5.08. The van der Waals surface area contributed by atoms with Crippen molar-refractivity contribution in [1.82, 2.24) is 5.16 Å². The fourth-order valence-corrected chi connectivity index (χ4v) is 1.70. The molecule has 2 aromatic rings. The average molecular weight is 239 g/mol. The maximum atomic E-state index is 5.92. The number of anilines is 1. The van der Waals surface area contributed by atoms with Crippen LogP contribution in [0.25, 0.3) is 11.3 Å². The van der Waals surface area contributed by atoms with Gasteiger partial charge in [0.05, 0.1) is 6.61 Å². The van der Waals surface area contributed by atoms with Gasteiger partial charge in [-0.1, -0.05) is 22.8 Å². The molecule has 84 valence electrons. The second kappa shape index (κ2) is 4.55. The molecular weight excluding hydrogens is 228 g/mol. The number of hydrogen-bond donors (Lipinski definition) is 1. The maximum Gasteiger partial charge on any atom is 0.222 e. The smallest absolute Gasteiger partial charge is 0.222 e. The molecule has 0 saturated heterocycles. The zero-order valence-electron chi connectivity index (χ0n) is 8.74. The van der Waals surface area contributed by atoms with E-state index in [0.29, 0.717) is 17.3 Å². The number of nitrogens with zero attached hydrogens (tertiary/aromatic N) is 1. The topological polar surface area (TPSA) is 61.3 Å². The van der Waals surface area contributed by atoms with Crippen LogP contribution in [0.5, 0.6) is 0 Å². The minimum atomic E-state index is 0.285. The van der Waals surface area contributed by atoms with E-state index in [2.05, 4.69) is 5.16 Å². The van der Waals surface area contributed by atoms with Crippen LogP contribution in [0.3, 0.4) is 0 Å². The van der Waals surface area contributed by atoms with Crippen LogP contribution in [-0.4, -0.2) is 12.3 Å². The number of ether oxygens (including phenoxy) is 1. The molecule has 0 aliphatic carbocycles. The first-order valence-electron chi connectivity index (χ1n) is 4.70. The molecular formula is C11H11ClN2O2. The number of benzene rings is 1. The second-order valence-electron chi connectivity index (χ2n) is 3.35. The number of halogens is 1. The zero-order valence-corrected chi connectivity index (χ0v) is 9.49. The highest BCUT2D eigenvalue weighted by Gasteiger charge is 2.10. The Kier molecular flexibility index (Phi) is 3.12. The molecule has 0 saturated carbocycles. The molecule has 1 heterocycles. The Morgan fingerprint density at radius 2 is 2.25 bits per heavy atom. The van der Waals surface area contributed by atoms with Crippen molar-refractivity contribution in [2.45, 2.75) is 6.61 Å². The summed E-state index contributed by atoms with van der Waals surface area (Å²) in [5.74, 6) is 0.285. The number of aromatic nitrogens is 1. The number of methoxy groups -OCH3 is 1. The van der Waals surface area contributed by atoms with E-state index in [1.807, 2.05) is 12.1 Å². The third kappa shape index (κ3) is 2.18. The van der Waals surface area contributed by atoms with E-state index >= 15 is 0 Å². The number of nitrogens with two attached hydrogens (primary N) is 1. The van der Waals surface area contributed by atoms with Gasteiger partial charge in [0, 0.05) is 23.8 Å². The van der Waals surface area contributed by atoms with Gasteiger partial charge in [-0.15, -0.1) is 0 Å². The van der Waals surface area contributed by atoms with Gasteiger partial charge in [-0.05, 0) is 17.7 Å². The van der Waals surface area contributed by atoms with Crippen molar-refractivity contribution in [1.29, 1.82) is 0 Å². The van der Waals surface area contributed by atoms with Crippen molar-refractivity contribution >= 4 is 17.5 Å². The van der Waals surface area contributed by atoms with E-state index in [0.717, 1.165) is 11.1 Å². The van der Waals surface area contributed by atoms with E-state index in [1.165, 1.54) is 0 Å². The van der Waals surface area contributed by atoms with Gasteiger partial charge in [-0.2, -0.15) is 0 Å². The van der Waals surface area contributed by atoms with Gasteiger partial charge in [0.2, 0.25) is 5.88 Å². The molecule has 0 atom stereocenters. The molecule has 0 unspecified atom stereocenters. The van der Waals surface area contributed by atoms with Crippen molar-refractivity contribution in [2.75, 3.05) is 12.8 Å². The fourth-order valence-electron chi connectivity index (χ4n) is 1.50. The van der Waals surface area contributed by atoms with Crippen molar-refractivity contribution in [3.05, 3.63) is 34.9 Å². The zero-order chi connectivity index (χ0) is 11.5. The third-order valence-electron chi connectivity index (χ3n) is 2.17. The largest absolute Gasteiger partial charge is 0.380 e. The number of hydrogen-bond acceptors (Lipinski definition) is 4. The van der Waals surface area contributed by atoms with Crippen molar-refractivity contribution in [2.24, 2.45) is 0 Å². The normalized spacial score (nSPS) is 10.6. The Labute approximate surface area is 97.9 Å². The molecule has 0 radical (unpaired) electrons. The van der Waals surface area contributed by atoms with E-state index in [9.17, 15) is 0 Å². The standard InChI is InChI=1S/C11H11ClN2O2/c1-15-6-7-4-8(12)2-3-9(7)10-5-11(13)16-14-10/h2-5H,6,13H2,1H3. The minimum absolute atomic E-state index is 0.285. The monoisotopic (exact) mass is 238 g/mol. The molecule has 1 aromatic heterocycles. The van der Waals surface area contributed by atoms with Crippen LogP contribution < -0.4 is 5.73 Å². The highest BCUT2D eigenvalue weighted by Crippen LogP contribution is 2.27. The molecule has 0 bridgehead atoms. The predicted molar refractivity (Wildman–Crippen MR) is 62.1 cm³/mol. The lowest BCUT2D eigenvalue weighted by Gasteiger charge is -2.06. The first kappa shape index (κ1) is 11.0. The molecule has 5 heteroatoms. The average Bonchev–Trinajstić information content (AvgIpc) is 2.65. The second-order valence-corrected chi connectivity index (χ2v) is 3.79. The van der Waals surface area contributed by atoms with Crippen LogP contribution in [0.2, 0.25) is 5.02 Å². The van der Waals surface area contributed by atoms with Gasteiger partial charge in [0.1, 0.15) is 5.69 Å². The number of nitrogen functional groups attached to an aromatic ring is 1. The third-order valence-corrected chi connectivity index (χ3v) is 2.41. The van der Waals surface area contributed by atoms with E-state index in [-0.39, 0.29) is 5.88 Å². The van der Waals surface area contributed by atoms with Crippen LogP contribution in [0.15, 0.2) is 28.8 Å². The summed E-state index contributed by atoms with van der Waals surface area (Å²) in [7, 11) is 1.63. The number of rotatable bonds is 3. The summed E-state index contributed by atoms with van der Waals surface area (Å²) in [5, 5.41) is 4.52. The lowest BCUT2D eigenvalue weighted by atomic mass is 10.1. The summed E-state index contributed by atoms with van der Waals surface area (Å²) >= 11 is 5.92. The van der Waals surface area contributed by atoms with E-state index in [1.54, 1.807) is 19.2 Å². The summed E-state index contributed by atoms with van der Waals surface area (Å²) < 4.78 is 9.94. The summed E-state index contributed by atoms with van der Waals surface area (Å²) in [5.41, 5.74) is 8.02. The van der Waals surface area contributed by atoms with Crippen LogP contribution in [0.4, 0.5) is 5.88 Å². The van der Waals surface area contributed by atoms with Gasteiger partial charge in [0.25, 0.3) is 0 Å². The molecule has 0 aliphatic heterocycles. The van der Waals surface area contributed by atoms with Crippen LogP contribution in [0, 0.1) is 0 Å². The van der Waals surface area contributed by atoms with E-state index in [4.69, 9.17) is 26.6 Å². The molecule has 1 aromatic carbocycles. The SMILES string of the molecule is COCc1cc(Cl)ccc1-c1cc(N)on1. The summed E-state index contributed by atoms with van der Waals surface area (Å²) in [4.78, 5) is 0. The molecule has 2 rings (SSSR count). The van der Waals surface area contributed by atoms with Crippen LogP contribution in [0.1, 0.15) is 5.56 Å². The van der Waals surface area contributed by atoms with E-state index < -0.39 is 0 Å². The minimum Gasteiger partial charge on any atom is -0.380 e. The van der Waals surface area contributed by atoms with Gasteiger partial charge in [-0.3, -0.25) is 0 Å². The molecule has 0 spiro atoms. The van der Waals surface area contributed by atoms with Gasteiger partial charge >= 0.3 is 0 Å². The molecule has 16 heavy (non-hydrogen) atoms. The molecule has 2 N–H and O–H groups in total. The molecule has 0 amide bonds. The predicted octanol–water partition coefficient (Wildman–Crippen LogP) is 2.72. The molecule has 0 fully saturated rings. The van der Waals surface area contributed by atoms with Crippen LogP contribution in [-0.2, 0) is 11.3 Å². The Bertz CT molecular complexity index is 496. The summed E-state index contributed by atoms with van der Waals surface area (Å²) in [6.45, 7) is 0.461. The lowest BCUT2D eigenvalue weighted by molar-refractivity contribution is 0.185. The molecule has 0 aliphatic rings. The lowest BCUT2D eigenvalue weighted by Crippen LogP contribution is -1.92. The maximum absolute atomic E-state index is 5.92. The first-order chi connectivity index (χ1) is 7.70. The van der Waals surface area contributed by atoms with Crippen molar-refractivity contribution < 1.29 is 9.26 Å². The van der Waals surface area contributed by atoms with Gasteiger partial charge < -0.3 is 15.0 Å². The fraction of sp³-hybridized carbons (Fsp3) is 0.182. The Morgan fingerprint density at radius 3 is 2.88 bits per heavy atom. The molecule has 4 nitrogen and oxygen atoms in total. The Hall–Kier alpha value is -1.52. The van der Waals surface area contributed by atoms with Crippen molar-refractivity contribution in [3.63, 3.8) is 0 Å². The van der Waals surface area contributed by atoms with Gasteiger partial charge in [-0.25, -0.2) is 0 Å². The quantitative estimate of drug-likeness (QED) is 0.893. The van der Waals surface area contributed by atoms with Gasteiger partial charge in [0.15, 0.2) is 0 Å².